The number of halogens is 2. The van der Waals surface area contributed by atoms with Crippen LogP contribution in [-0.4, -0.2) is 56.2 Å². The molecule has 3 saturated carbocycles. The van der Waals surface area contributed by atoms with Gasteiger partial charge in [0.2, 0.25) is 0 Å². The number of methoxy groups -OCH3 is 1. The smallest absolute Gasteiger partial charge is 0.311 e. The maximum absolute atomic E-state index is 16.4. The largest absolute Gasteiger partial charge is 0.469 e. The predicted octanol–water partition coefficient (Wildman–Crippen LogP) is 5.11. The Balaban J connectivity index is 1.42. The Hall–Kier alpha value is -4.72. The molecule has 8 rings (SSSR count). The average Bonchev–Trinajstić information content (AvgIpc) is 3.66. The maximum Gasteiger partial charge on any atom is 0.311 e. The highest BCUT2D eigenvalue weighted by Gasteiger charge is 2.48. The number of rotatable bonds is 7. The number of hydrogen-bond donors (Lipinski definition) is 1. The van der Waals surface area contributed by atoms with Gasteiger partial charge in [0.1, 0.15) is 11.5 Å². The van der Waals surface area contributed by atoms with E-state index in [9.17, 15) is 17.6 Å². The fourth-order valence-corrected chi connectivity index (χ4v) is 8.25. The molecular formula is C32H31F2N7O4S. The Bertz CT molecular complexity index is 2090. The number of benzene rings is 1. The summed E-state index contributed by atoms with van der Waals surface area (Å²) in [6.07, 6.45) is 8.76. The first-order valence-corrected chi connectivity index (χ1v) is 16.4. The second-order valence-corrected chi connectivity index (χ2v) is 13.9. The monoisotopic (exact) mass is 647 g/mol. The van der Waals surface area contributed by atoms with Crippen LogP contribution in [0.3, 0.4) is 0 Å². The lowest BCUT2D eigenvalue weighted by Crippen LogP contribution is -2.52. The van der Waals surface area contributed by atoms with E-state index in [0.717, 1.165) is 47.5 Å². The molecule has 3 aliphatic carbocycles. The highest BCUT2D eigenvalue weighted by Crippen LogP contribution is 2.47. The molecular weight excluding hydrogens is 616 g/mol. The summed E-state index contributed by atoms with van der Waals surface area (Å²) in [5.74, 6) is -2.36. The number of carbonyl (C=O) groups excluding carboxylic acids is 1. The van der Waals surface area contributed by atoms with Gasteiger partial charge >= 0.3 is 5.97 Å². The summed E-state index contributed by atoms with van der Waals surface area (Å²) in [5.41, 5.74) is 1.21. The van der Waals surface area contributed by atoms with Crippen molar-refractivity contribution in [3.05, 3.63) is 72.3 Å². The molecule has 0 spiro atoms. The van der Waals surface area contributed by atoms with E-state index in [2.05, 4.69) is 25.4 Å². The highest BCUT2D eigenvalue weighted by atomic mass is 32.2. The normalized spacial score (nSPS) is 21.1. The number of carbonyl (C=O) groups is 1. The van der Waals surface area contributed by atoms with Gasteiger partial charge in [0.05, 0.1) is 30.3 Å². The summed E-state index contributed by atoms with van der Waals surface area (Å²) in [6, 6.07) is 7.01. The third-order valence-electron chi connectivity index (χ3n) is 9.22. The molecule has 0 aliphatic heterocycles. The van der Waals surface area contributed by atoms with Gasteiger partial charge in [0, 0.05) is 42.0 Å². The number of aromatic nitrogens is 6. The van der Waals surface area contributed by atoms with Crippen molar-refractivity contribution < 1.29 is 26.7 Å². The van der Waals surface area contributed by atoms with Crippen molar-refractivity contribution in [3.63, 3.8) is 0 Å². The molecule has 2 atom stereocenters. The minimum atomic E-state index is -4.19. The second-order valence-electron chi connectivity index (χ2n) is 12.0. The summed E-state index contributed by atoms with van der Waals surface area (Å²) in [7, 11) is -1.16. The third-order valence-corrected chi connectivity index (χ3v) is 10.9. The number of hydrogen-bond acceptors (Lipinski definition) is 9. The van der Waals surface area contributed by atoms with Crippen LogP contribution in [0.15, 0.2) is 60.0 Å². The third kappa shape index (κ3) is 5.00. The summed E-state index contributed by atoms with van der Waals surface area (Å²) in [5, 5.41) is 7.51. The van der Waals surface area contributed by atoms with Crippen LogP contribution in [0.4, 0.5) is 14.6 Å². The molecule has 0 saturated heterocycles. The Kier molecular flexibility index (Phi) is 7.34. The van der Waals surface area contributed by atoms with Crippen LogP contribution in [0.2, 0.25) is 0 Å². The van der Waals surface area contributed by atoms with E-state index >= 15 is 4.39 Å². The lowest BCUT2D eigenvalue weighted by molar-refractivity contribution is -0.152. The lowest BCUT2D eigenvalue weighted by Gasteiger charge is -2.47. The van der Waals surface area contributed by atoms with Gasteiger partial charge in [-0.15, -0.1) is 0 Å². The van der Waals surface area contributed by atoms with Crippen molar-refractivity contribution in [1.82, 2.24) is 28.7 Å². The first kappa shape index (κ1) is 30.0. The molecule has 238 valence electrons. The van der Waals surface area contributed by atoms with Gasteiger partial charge in [-0.05, 0) is 62.6 Å². The number of pyridine rings is 1. The fourth-order valence-electron chi connectivity index (χ4n) is 6.93. The number of nitrogens with one attached hydrogen (secondary N) is 1. The van der Waals surface area contributed by atoms with Crippen molar-refractivity contribution in [3.8, 4) is 22.6 Å². The Labute approximate surface area is 263 Å². The molecule has 3 aliphatic rings. The van der Waals surface area contributed by atoms with Gasteiger partial charge in [0.25, 0.3) is 10.0 Å². The van der Waals surface area contributed by atoms with E-state index in [-0.39, 0.29) is 56.6 Å². The Morgan fingerprint density at radius 1 is 1.02 bits per heavy atom. The average molecular weight is 648 g/mol. The molecule has 14 heteroatoms. The predicted molar refractivity (Wildman–Crippen MR) is 165 cm³/mol. The second kappa shape index (κ2) is 11.3. The summed E-state index contributed by atoms with van der Waals surface area (Å²) >= 11 is 0. The van der Waals surface area contributed by atoms with E-state index in [4.69, 9.17) is 4.74 Å². The fraction of sp³-hybridized carbons (Fsp3) is 0.344. The van der Waals surface area contributed by atoms with E-state index in [1.807, 2.05) is 6.92 Å². The molecule has 4 aromatic heterocycles. The van der Waals surface area contributed by atoms with E-state index in [1.54, 1.807) is 25.4 Å². The van der Waals surface area contributed by atoms with Gasteiger partial charge in [-0.3, -0.25) is 9.48 Å². The van der Waals surface area contributed by atoms with Crippen molar-refractivity contribution in [1.29, 1.82) is 0 Å². The van der Waals surface area contributed by atoms with Crippen LogP contribution in [0.5, 0.6) is 0 Å². The van der Waals surface area contributed by atoms with E-state index in [0.29, 0.717) is 5.56 Å². The minimum absolute atomic E-state index is 0.00677. The number of fused-ring (bicyclic) bond motifs is 4. The van der Waals surface area contributed by atoms with Crippen LogP contribution in [0.1, 0.15) is 31.2 Å². The molecule has 0 amide bonds. The number of anilines is 1. The molecule has 2 unspecified atom stereocenters. The lowest BCUT2D eigenvalue weighted by atomic mass is 9.61. The maximum atomic E-state index is 16.4. The van der Waals surface area contributed by atoms with Crippen LogP contribution < -0.4 is 5.32 Å². The Morgan fingerprint density at radius 3 is 2.41 bits per heavy atom. The summed E-state index contributed by atoms with van der Waals surface area (Å²) in [6.45, 7) is 1.84. The quantitative estimate of drug-likeness (QED) is 0.239. The standard InChI is InChI=1S/C32H31F2N7O4S/c1-17-4-10-22(11-5-17)46(43,44)41-16-24(23-12-21(33)14-35-31(23)41)29-38-28(20-13-36-40(2)15-20)26(34)30(39-29)37-27-19-8-6-18(7-9-19)25(27)32(42)45-3/h4-5,10-16,18-19,25,27H,6-9H2,1-3H3,(H,37,38,39). The molecule has 2 bridgehead atoms. The topological polar surface area (TPSA) is 134 Å². The summed E-state index contributed by atoms with van der Waals surface area (Å²) in [4.78, 5) is 26.1. The van der Waals surface area contributed by atoms with Gasteiger partial charge in [0.15, 0.2) is 23.1 Å². The number of ether oxygens (including phenoxy) is 1. The molecule has 46 heavy (non-hydrogen) atoms. The van der Waals surface area contributed by atoms with Crippen molar-refractivity contribution in [2.24, 2.45) is 24.8 Å². The first-order valence-electron chi connectivity index (χ1n) is 14.9. The van der Waals surface area contributed by atoms with E-state index in [1.165, 1.54) is 36.3 Å². The Morgan fingerprint density at radius 2 is 1.74 bits per heavy atom. The van der Waals surface area contributed by atoms with Crippen molar-refractivity contribution >= 4 is 32.8 Å². The van der Waals surface area contributed by atoms with Gasteiger partial charge in [-0.1, -0.05) is 17.7 Å². The molecule has 4 heterocycles. The molecule has 0 radical (unpaired) electrons. The molecule has 5 aromatic rings. The molecule has 1 N–H and O–H groups in total. The summed E-state index contributed by atoms with van der Waals surface area (Å²) < 4.78 is 66.3. The first-order chi connectivity index (χ1) is 22.0. The zero-order chi connectivity index (χ0) is 32.3. The highest BCUT2D eigenvalue weighted by molar-refractivity contribution is 7.90. The van der Waals surface area contributed by atoms with Crippen LogP contribution in [0, 0.1) is 36.3 Å². The number of nitrogens with zero attached hydrogens (tertiary/aromatic N) is 6. The minimum Gasteiger partial charge on any atom is -0.469 e. The van der Waals surface area contributed by atoms with Gasteiger partial charge in [-0.25, -0.2) is 36.1 Å². The molecule has 11 nitrogen and oxygen atoms in total. The van der Waals surface area contributed by atoms with Gasteiger partial charge in [-0.2, -0.15) is 5.10 Å². The van der Waals surface area contributed by atoms with E-state index < -0.39 is 33.6 Å². The number of esters is 1. The van der Waals surface area contributed by atoms with Crippen LogP contribution >= 0.6 is 0 Å². The zero-order valence-corrected chi connectivity index (χ0v) is 26.1. The SMILES string of the molecule is COC(=O)C1C2CCC(CC2)C1Nc1nc(-c2cn(S(=O)(=O)c3ccc(C)cc3)c3ncc(F)cc23)nc(-c2cnn(C)c2)c1F. The molecule has 1 aromatic carbocycles. The van der Waals surface area contributed by atoms with Crippen LogP contribution in [-0.2, 0) is 26.6 Å². The van der Waals surface area contributed by atoms with Crippen molar-refractivity contribution in [2.45, 2.75) is 43.5 Å². The molecule has 3 fully saturated rings. The van der Waals surface area contributed by atoms with Crippen LogP contribution in [0.25, 0.3) is 33.7 Å². The number of aryl methyl sites for hydroxylation is 2. The van der Waals surface area contributed by atoms with Gasteiger partial charge < -0.3 is 10.1 Å². The van der Waals surface area contributed by atoms with Crippen molar-refractivity contribution in [2.75, 3.05) is 12.4 Å². The zero-order valence-electron chi connectivity index (χ0n) is 25.3.